The molecule has 12 heavy (non-hydrogen) atoms. The fourth-order valence-corrected chi connectivity index (χ4v) is 1.47. The van der Waals surface area contributed by atoms with Crippen molar-refractivity contribution in [3.63, 3.8) is 0 Å². The second-order valence-corrected chi connectivity index (χ2v) is 3.44. The molecule has 1 saturated carbocycles. The summed E-state index contributed by atoms with van der Waals surface area (Å²) in [5.41, 5.74) is 0. The quantitative estimate of drug-likeness (QED) is 0.631. The molecule has 0 amide bonds. The third-order valence-corrected chi connectivity index (χ3v) is 2.70. The van der Waals surface area contributed by atoms with Gasteiger partial charge >= 0.3 is 6.18 Å². The third kappa shape index (κ3) is 1.91. The summed E-state index contributed by atoms with van der Waals surface area (Å²) in [6, 6.07) is 0.154. The maximum atomic E-state index is 12.0. The van der Waals surface area contributed by atoms with Gasteiger partial charge in [0.15, 0.2) is 0 Å². The van der Waals surface area contributed by atoms with E-state index in [2.05, 4.69) is 0 Å². The largest absolute Gasteiger partial charge is 0.391 e. The highest BCUT2D eigenvalue weighted by Gasteiger charge is 2.48. The highest BCUT2D eigenvalue weighted by atomic mass is 19.4. The number of rotatable bonds is 2. The van der Waals surface area contributed by atoms with E-state index in [-0.39, 0.29) is 18.9 Å². The van der Waals surface area contributed by atoms with Gasteiger partial charge in [0.2, 0.25) is 0 Å². The van der Waals surface area contributed by atoms with E-state index in [1.165, 1.54) is 0 Å². The van der Waals surface area contributed by atoms with Crippen LogP contribution in [0.15, 0.2) is 0 Å². The van der Waals surface area contributed by atoms with Crippen molar-refractivity contribution in [1.29, 1.82) is 0 Å². The van der Waals surface area contributed by atoms with Gasteiger partial charge in [0.05, 0.1) is 5.92 Å². The number of halogens is 3. The van der Waals surface area contributed by atoms with Crippen LogP contribution in [-0.2, 0) is 0 Å². The van der Waals surface area contributed by atoms with Crippen molar-refractivity contribution in [3.8, 4) is 0 Å². The van der Waals surface area contributed by atoms with Crippen LogP contribution in [-0.4, -0.2) is 30.7 Å². The van der Waals surface area contributed by atoms with Crippen LogP contribution in [0, 0.1) is 5.92 Å². The van der Waals surface area contributed by atoms with Crippen molar-refractivity contribution < 1.29 is 13.2 Å². The van der Waals surface area contributed by atoms with Crippen LogP contribution < -0.4 is 0 Å². The predicted octanol–water partition coefficient (Wildman–Crippen LogP) is 2.28. The third-order valence-electron chi connectivity index (χ3n) is 2.70. The Bertz CT molecular complexity index is 149. The molecule has 1 fully saturated rings. The first kappa shape index (κ1) is 9.84. The van der Waals surface area contributed by atoms with E-state index in [0.29, 0.717) is 0 Å². The fraction of sp³-hybridized carbons (Fsp3) is 1.00. The number of alkyl halides is 3. The van der Waals surface area contributed by atoms with Gasteiger partial charge in [0.25, 0.3) is 0 Å². The zero-order valence-corrected chi connectivity index (χ0v) is 7.36. The summed E-state index contributed by atoms with van der Waals surface area (Å²) in [5, 5.41) is 0. The summed E-state index contributed by atoms with van der Waals surface area (Å²) in [6.45, 7) is 2.79. The molecule has 1 aliphatic carbocycles. The van der Waals surface area contributed by atoms with Crippen LogP contribution >= 0.6 is 0 Å². The number of hydrogen-bond acceptors (Lipinski definition) is 1. The molecule has 0 aromatic carbocycles. The van der Waals surface area contributed by atoms with Gasteiger partial charge in [0.1, 0.15) is 0 Å². The Balaban J connectivity index is 2.29. The first-order valence-electron chi connectivity index (χ1n) is 4.22. The molecule has 0 atom stereocenters. The molecule has 0 aliphatic heterocycles. The van der Waals surface area contributed by atoms with Crippen molar-refractivity contribution in [2.45, 2.75) is 32.0 Å². The van der Waals surface area contributed by atoms with E-state index in [9.17, 15) is 13.2 Å². The zero-order chi connectivity index (χ0) is 9.35. The summed E-state index contributed by atoms with van der Waals surface area (Å²) in [6.07, 6.45) is -3.40. The molecule has 1 aliphatic rings. The lowest BCUT2D eigenvalue weighted by atomic mass is 9.79. The molecule has 0 heterocycles. The van der Waals surface area contributed by atoms with Crippen molar-refractivity contribution in [2.75, 3.05) is 13.6 Å². The van der Waals surface area contributed by atoms with Gasteiger partial charge in [-0.05, 0) is 26.4 Å². The molecule has 0 aromatic heterocycles. The van der Waals surface area contributed by atoms with Crippen LogP contribution in [0.5, 0.6) is 0 Å². The van der Waals surface area contributed by atoms with Gasteiger partial charge in [0, 0.05) is 6.04 Å². The Labute approximate surface area is 70.5 Å². The van der Waals surface area contributed by atoms with Gasteiger partial charge in [-0.3, -0.25) is 0 Å². The molecule has 1 nitrogen and oxygen atoms in total. The van der Waals surface area contributed by atoms with Crippen molar-refractivity contribution in [1.82, 2.24) is 4.90 Å². The average Bonchev–Trinajstić information content (AvgIpc) is 1.80. The molecule has 0 bridgehead atoms. The minimum atomic E-state index is -3.97. The summed E-state index contributed by atoms with van der Waals surface area (Å²) in [5.74, 6) is -1.04. The highest BCUT2D eigenvalue weighted by Crippen LogP contribution is 2.42. The SMILES string of the molecule is CCN(C)C1CC(C(F)(F)F)C1. The molecule has 72 valence electrons. The van der Waals surface area contributed by atoms with Crippen LogP contribution in [0.25, 0.3) is 0 Å². The van der Waals surface area contributed by atoms with Crippen LogP contribution in [0.3, 0.4) is 0 Å². The second kappa shape index (κ2) is 3.24. The lowest BCUT2D eigenvalue weighted by Gasteiger charge is -2.41. The lowest BCUT2D eigenvalue weighted by molar-refractivity contribution is -0.205. The van der Waals surface area contributed by atoms with E-state index < -0.39 is 12.1 Å². The smallest absolute Gasteiger partial charge is 0.304 e. The van der Waals surface area contributed by atoms with E-state index in [1.54, 1.807) is 0 Å². The monoisotopic (exact) mass is 181 g/mol. The molecule has 0 spiro atoms. The molecule has 0 radical (unpaired) electrons. The molecule has 0 unspecified atom stereocenters. The predicted molar refractivity (Wildman–Crippen MR) is 40.9 cm³/mol. The minimum Gasteiger partial charge on any atom is -0.304 e. The Morgan fingerprint density at radius 3 is 2.17 bits per heavy atom. The van der Waals surface area contributed by atoms with E-state index >= 15 is 0 Å². The molecule has 4 heteroatoms. The van der Waals surface area contributed by atoms with Crippen LogP contribution in [0.2, 0.25) is 0 Å². The maximum Gasteiger partial charge on any atom is 0.391 e. The van der Waals surface area contributed by atoms with Gasteiger partial charge in [-0.25, -0.2) is 0 Å². The Morgan fingerprint density at radius 1 is 1.33 bits per heavy atom. The fourth-order valence-electron chi connectivity index (χ4n) is 1.47. The van der Waals surface area contributed by atoms with Crippen LogP contribution in [0.4, 0.5) is 13.2 Å². The van der Waals surface area contributed by atoms with Crippen molar-refractivity contribution in [2.24, 2.45) is 5.92 Å². The normalized spacial score (nSPS) is 30.5. The molecule has 0 N–H and O–H groups in total. The summed E-state index contributed by atoms with van der Waals surface area (Å²) < 4.78 is 36.1. The van der Waals surface area contributed by atoms with Gasteiger partial charge in [-0.2, -0.15) is 13.2 Å². The van der Waals surface area contributed by atoms with E-state index in [4.69, 9.17) is 0 Å². The Kier molecular flexibility index (Phi) is 2.66. The molecule has 1 rings (SSSR count). The summed E-state index contributed by atoms with van der Waals surface area (Å²) >= 11 is 0. The van der Waals surface area contributed by atoms with Crippen molar-refractivity contribution in [3.05, 3.63) is 0 Å². The van der Waals surface area contributed by atoms with Gasteiger partial charge in [-0.1, -0.05) is 6.92 Å². The van der Waals surface area contributed by atoms with Crippen molar-refractivity contribution >= 4 is 0 Å². The lowest BCUT2D eigenvalue weighted by Crippen LogP contribution is -2.47. The Hall–Kier alpha value is -0.250. The molecule has 0 saturated heterocycles. The molecular weight excluding hydrogens is 167 g/mol. The standard InChI is InChI=1S/C8H14F3N/c1-3-12(2)7-4-6(5-7)8(9,10)11/h6-7H,3-5H2,1-2H3. The maximum absolute atomic E-state index is 12.0. The summed E-state index contributed by atoms with van der Waals surface area (Å²) in [7, 11) is 1.87. The zero-order valence-electron chi connectivity index (χ0n) is 7.36. The second-order valence-electron chi connectivity index (χ2n) is 3.44. The summed E-state index contributed by atoms with van der Waals surface area (Å²) in [4.78, 5) is 1.97. The minimum absolute atomic E-state index is 0.154. The number of hydrogen-bond donors (Lipinski definition) is 0. The van der Waals surface area contributed by atoms with Gasteiger partial charge < -0.3 is 4.90 Å². The number of nitrogens with zero attached hydrogens (tertiary/aromatic N) is 1. The van der Waals surface area contributed by atoms with Gasteiger partial charge in [-0.15, -0.1) is 0 Å². The molecular formula is C8H14F3N. The topological polar surface area (TPSA) is 3.24 Å². The highest BCUT2D eigenvalue weighted by molar-refractivity contribution is 4.89. The van der Waals surface area contributed by atoms with Crippen LogP contribution in [0.1, 0.15) is 19.8 Å². The van der Waals surface area contributed by atoms with E-state index in [1.807, 2.05) is 18.9 Å². The molecule has 0 aromatic rings. The average molecular weight is 181 g/mol. The van der Waals surface area contributed by atoms with E-state index in [0.717, 1.165) is 6.54 Å². The Morgan fingerprint density at radius 2 is 1.83 bits per heavy atom. The first-order valence-corrected chi connectivity index (χ1v) is 4.22. The first-order chi connectivity index (χ1) is 5.45.